The van der Waals surface area contributed by atoms with Crippen molar-refractivity contribution in [1.29, 1.82) is 0 Å². The first-order valence-electron chi connectivity index (χ1n) is 5.10. The van der Waals surface area contributed by atoms with Gasteiger partial charge in [-0.05, 0) is 0 Å². The molecular formula is C9H13F3N2O5. The van der Waals surface area contributed by atoms with E-state index in [-0.39, 0.29) is 6.42 Å². The lowest BCUT2D eigenvalue weighted by Gasteiger charge is -2.08. The van der Waals surface area contributed by atoms with E-state index in [9.17, 15) is 27.6 Å². The van der Waals surface area contributed by atoms with Crippen LogP contribution in [0.3, 0.4) is 0 Å². The van der Waals surface area contributed by atoms with Crippen LogP contribution in [0.1, 0.15) is 6.42 Å². The first kappa shape index (κ1) is 17.2. The van der Waals surface area contributed by atoms with Gasteiger partial charge in [0.15, 0.2) is 0 Å². The zero-order chi connectivity index (χ0) is 14.9. The molecule has 0 aliphatic carbocycles. The zero-order valence-electron chi connectivity index (χ0n) is 9.75. The largest absolute Gasteiger partial charge is 0.480 e. The first-order chi connectivity index (χ1) is 8.70. The van der Waals surface area contributed by atoms with Gasteiger partial charge >= 0.3 is 12.1 Å². The Balaban J connectivity index is 3.59. The van der Waals surface area contributed by atoms with Crippen molar-refractivity contribution < 1.29 is 37.4 Å². The van der Waals surface area contributed by atoms with Crippen molar-refractivity contribution in [3.8, 4) is 0 Å². The van der Waals surface area contributed by atoms with Gasteiger partial charge in [-0.15, -0.1) is 0 Å². The molecule has 0 aromatic rings. The topological polar surface area (TPSA) is 105 Å². The van der Waals surface area contributed by atoms with Crippen LogP contribution in [0, 0.1) is 0 Å². The summed E-state index contributed by atoms with van der Waals surface area (Å²) in [5.41, 5.74) is 0. The standard InChI is InChI=1S/C9H13F3N2O5/c10-9(11,12)5-19-2-1-6(15)13-3-7(16)14-4-8(17)18/h1-5H2,(H,13,15)(H,14,16)(H,17,18). The Morgan fingerprint density at radius 1 is 1.05 bits per heavy atom. The van der Waals surface area contributed by atoms with Gasteiger partial charge < -0.3 is 20.5 Å². The first-order valence-corrected chi connectivity index (χ1v) is 5.10. The van der Waals surface area contributed by atoms with Crippen molar-refractivity contribution in [3.05, 3.63) is 0 Å². The summed E-state index contributed by atoms with van der Waals surface area (Å²) in [6.45, 7) is -2.91. The summed E-state index contributed by atoms with van der Waals surface area (Å²) in [5.74, 6) is -2.63. The maximum absolute atomic E-state index is 11.7. The molecule has 0 radical (unpaired) electrons. The van der Waals surface area contributed by atoms with Crippen LogP contribution in [0.25, 0.3) is 0 Å². The SMILES string of the molecule is O=C(O)CNC(=O)CNC(=O)CCOCC(F)(F)F. The molecule has 0 bridgehead atoms. The van der Waals surface area contributed by atoms with Crippen molar-refractivity contribution >= 4 is 17.8 Å². The number of amides is 2. The van der Waals surface area contributed by atoms with Gasteiger partial charge in [-0.25, -0.2) is 0 Å². The third-order valence-corrected chi connectivity index (χ3v) is 1.62. The lowest BCUT2D eigenvalue weighted by molar-refractivity contribution is -0.174. The zero-order valence-corrected chi connectivity index (χ0v) is 9.75. The second-order valence-electron chi connectivity index (χ2n) is 3.36. The predicted octanol–water partition coefficient (Wildman–Crippen LogP) is -0.728. The van der Waals surface area contributed by atoms with E-state index in [1.165, 1.54) is 0 Å². The summed E-state index contributed by atoms with van der Waals surface area (Å²) in [6, 6.07) is 0. The molecule has 3 N–H and O–H groups in total. The number of hydrogen-bond donors (Lipinski definition) is 3. The molecule has 10 heteroatoms. The fourth-order valence-electron chi connectivity index (χ4n) is 0.857. The summed E-state index contributed by atoms with van der Waals surface area (Å²) in [5, 5.41) is 12.3. The molecule has 0 heterocycles. The Morgan fingerprint density at radius 3 is 2.16 bits per heavy atom. The van der Waals surface area contributed by atoms with Crippen LogP contribution < -0.4 is 10.6 Å². The van der Waals surface area contributed by atoms with Crippen molar-refractivity contribution in [3.63, 3.8) is 0 Å². The van der Waals surface area contributed by atoms with Crippen molar-refractivity contribution in [2.45, 2.75) is 12.6 Å². The number of rotatable bonds is 8. The minimum Gasteiger partial charge on any atom is -0.480 e. The molecule has 0 saturated carbocycles. The second kappa shape index (κ2) is 8.29. The van der Waals surface area contributed by atoms with E-state index in [2.05, 4.69) is 10.1 Å². The minimum absolute atomic E-state index is 0.331. The number of halogens is 3. The average molecular weight is 286 g/mol. The number of carbonyl (C=O) groups excluding carboxylic acids is 2. The fourth-order valence-corrected chi connectivity index (χ4v) is 0.857. The van der Waals surface area contributed by atoms with Gasteiger partial charge in [0.25, 0.3) is 0 Å². The molecule has 0 spiro atoms. The van der Waals surface area contributed by atoms with Crippen molar-refractivity contribution in [2.75, 3.05) is 26.3 Å². The third kappa shape index (κ3) is 12.4. The molecule has 0 rings (SSSR count). The number of alkyl halides is 3. The molecule has 0 fully saturated rings. The Bertz CT molecular complexity index is 332. The van der Waals surface area contributed by atoms with E-state index < -0.39 is 50.3 Å². The quantitative estimate of drug-likeness (QED) is 0.510. The number of carboxylic acid groups (broad SMARTS) is 1. The summed E-state index contributed by atoms with van der Waals surface area (Å²) in [4.78, 5) is 32.1. The van der Waals surface area contributed by atoms with E-state index in [1.807, 2.05) is 5.32 Å². The number of nitrogens with one attached hydrogen (secondary N) is 2. The molecule has 110 valence electrons. The van der Waals surface area contributed by atoms with Crippen LogP contribution in [-0.2, 0) is 19.1 Å². The Labute approximate surface area is 106 Å². The molecule has 7 nitrogen and oxygen atoms in total. The monoisotopic (exact) mass is 286 g/mol. The Kier molecular flexibility index (Phi) is 7.49. The number of carboxylic acids is 1. The van der Waals surface area contributed by atoms with Gasteiger partial charge in [-0.3, -0.25) is 14.4 Å². The van der Waals surface area contributed by atoms with Crippen LogP contribution >= 0.6 is 0 Å². The van der Waals surface area contributed by atoms with E-state index in [4.69, 9.17) is 5.11 Å². The van der Waals surface area contributed by atoms with E-state index in [0.717, 1.165) is 0 Å². The molecule has 0 aromatic heterocycles. The fraction of sp³-hybridized carbons (Fsp3) is 0.667. The molecule has 0 unspecified atom stereocenters. The molecule has 0 aliphatic rings. The van der Waals surface area contributed by atoms with Gasteiger partial charge in [0.2, 0.25) is 11.8 Å². The van der Waals surface area contributed by atoms with E-state index in [1.54, 1.807) is 0 Å². The lowest BCUT2D eigenvalue weighted by Crippen LogP contribution is -2.39. The normalized spacial score (nSPS) is 10.9. The summed E-state index contributed by atoms with van der Waals surface area (Å²) in [7, 11) is 0. The minimum atomic E-state index is -4.45. The van der Waals surface area contributed by atoms with Gasteiger partial charge in [-0.1, -0.05) is 0 Å². The molecule has 0 saturated heterocycles. The van der Waals surface area contributed by atoms with Gasteiger partial charge in [0, 0.05) is 6.42 Å². The maximum Gasteiger partial charge on any atom is 0.411 e. The van der Waals surface area contributed by atoms with Crippen LogP contribution in [0.2, 0.25) is 0 Å². The van der Waals surface area contributed by atoms with Gasteiger partial charge in [0.05, 0.1) is 13.2 Å². The highest BCUT2D eigenvalue weighted by molar-refractivity contribution is 5.86. The highest BCUT2D eigenvalue weighted by atomic mass is 19.4. The number of hydrogen-bond acceptors (Lipinski definition) is 4. The van der Waals surface area contributed by atoms with E-state index in [0.29, 0.717) is 0 Å². The number of ether oxygens (including phenoxy) is 1. The van der Waals surface area contributed by atoms with Crippen molar-refractivity contribution in [1.82, 2.24) is 10.6 Å². The summed E-state index contributed by atoms with van der Waals surface area (Å²) >= 11 is 0. The van der Waals surface area contributed by atoms with Crippen LogP contribution in [-0.4, -0.2) is 55.4 Å². The molecule has 0 aliphatic heterocycles. The average Bonchev–Trinajstić information content (AvgIpc) is 2.28. The number of carbonyl (C=O) groups is 3. The van der Waals surface area contributed by atoms with Gasteiger partial charge in [-0.2, -0.15) is 13.2 Å². The van der Waals surface area contributed by atoms with Crippen LogP contribution in [0.5, 0.6) is 0 Å². The molecule has 2 amide bonds. The highest BCUT2D eigenvalue weighted by Crippen LogP contribution is 2.14. The Morgan fingerprint density at radius 2 is 1.63 bits per heavy atom. The Hall–Kier alpha value is -1.84. The number of aliphatic carboxylic acids is 1. The predicted molar refractivity (Wildman–Crippen MR) is 55.1 cm³/mol. The second-order valence-corrected chi connectivity index (χ2v) is 3.36. The third-order valence-electron chi connectivity index (χ3n) is 1.62. The van der Waals surface area contributed by atoms with Crippen molar-refractivity contribution in [2.24, 2.45) is 0 Å². The van der Waals surface area contributed by atoms with Crippen LogP contribution in [0.15, 0.2) is 0 Å². The summed E-state index contributed by atoms with van der Waals surface area (Å²) in [6.07, 6.45) is -4.78. The molecule has 19 heavy (non-hydrogen) atoms. The lowest BCUT2D eigenvalue weighted by atomic mass is 10.4. The maximum atomic E-state index is 11.7. The molecule has 0 atom stereocenters. The summed E-state index contributed by atoms with van der Waals surface area (Å²) < 4.78 is 39.2. The molecular weight excluding hydrogens is 273 g/mol. The van der Waals surface area contributed by atoms with E-state index >= 15 is 0 Å². The highest BCUT2D eigenvalue weighted by Gasteiger charge is 2.27. The van der Waals surface area contributed by atoms with Crippen LogP contribution in [0.4, 0.5) is 13.2 Å². The van der Waals surface area contributed by atoms with Gasteiger partial charge in [0.1, 0.15) is 13.2 Å². The molecule has 0 aromatic carbocycles. The smallest absolute Gasteiger partial charge is 0.411 e.